The van der Waals surface area contributed by atoms with Gasteiger partial charge in [0.2, 0.25) is 6.79 Å². The van der Waals surface area contributed by atoms with Crippen LogP contribution < -0.4 is 0 Å². The molecular formula is C13H16O3. The fourth-order valence-electron chi connectivity index (χ4n) is 1.69. The van der Waals surface area contributed by atoms with Crippen molar-refractivity contribution >= 4 is 0 Å². The molecule has 1 atom stereocenters. The number of hydrogen-bond acceptors (Lipinski definition) is 3. The zero-order valence-corrected chi connectivity index (χ0v) is 9.13. The van der Waals surface area contributed by atoms with Gasteiger partial charge in [-0.15, -0.1) is 0 Å². The van der Waals surface area contributed by atoms with Crippen molar-refractivity contribution in [2.45, 2.75) is 25.4 Å². The molecule has 1 aliphatic heterocycles. The molecule has 1 aromatic carbocycles. The fraction of sp³-hybridized carbons (Fsp3) is 0.385. The van der Waals surface area contributed by atoms with Crippen molar-refractivity contribution in [1.82, 2.24) is 0 Å². The zero-order chi connectivity index (χ0) is 11.2. The average molecular weight is 220 g/mol. The lowest BCUT2D eigenvalue weighted by atomic mass is 10.0. The van der Waals surface area contributed by atoms with Gasteiger partial charge in [0.15, 0.2) is 0 Å². The van der Waals surface area contributed by atoms with Crippen molar-refractivity contribution in [2.75, 3.05) is 6.79 Å². The molecule has 1 aliphatic rings. The Morgan fingerprint density at radius 3 is 2.75 bits per heavy atom. The minimum absolute atomic E-state index is 0.279. The van der Waals surface area contributed by atoms with Gasteiger partial charge in [-0.2, -0.15) is 0 Å². The van der Waals surface area contributed by atoms with E-state index in [9.17, 15) is 5.11 Å². The molecule has 0 fully saturated rings. The van der Waals surface area contributed by atoms with E-state index in [1.807, 2.05) is 18.2 Å². The summed E-state index contributed by atoms with van der Waals surface area (Å²) >= 11 is 0. The van der Waals surface area contributed by atoms with Gasteiger partial charge < -0.3 is 14.6 Å². The van der Waals surface area contributed by atoms with Gasteiger partial charge in [0.05, 0.1) is 6.10 Å². The summed E-state index contributed by atoms with van der Waals surface area (Å²) in [6.45, 7) is 0.279. The molecular weight excluding hydrogens is 204 g/mol. The number of ether oxygens (including phenoxy) is 2. The first-order valence-electron chi connectivity index (χ1n) is 5.50. The summed E-state index contributed by atoms with van der Waals surface area (Å²) in [6.07, 6.45) is 3.37. The standard InChI is InChI=1S/C13H16O3/c14-12(8-13-9-15-10-16-13)7-6-11-4-2-1-3-5-11/h1-5,9,12,14H,6-8,10H2. The highest BCUT2D eigenvalue weighted by Gasteiger charge is 2.12. The van der Waals surface area contributed by atoms with Gasteiger partial charge in [0.1, 0.15) is 12.0 Å². The summed E-state index contributed by atoms with van der Waals surface area (Å²) in [5, 5.41) is 9.79. The molecule has 86 valence electrons. The van der Waals surface area contributed by atoms with Crippen molar-refractivity contribution in [3.05, 3.63) is 47.9 Å². The van der Waals surface area contributed by atoms with Crippen LogP contribution in [-0.2, 0) is 15.9 Å². The first kappa shape index (κ1) is 11.0. The van der Waals surface area contributed by atoms with Crippen molar-refractivity contribution in [2.24, 2.45) is 0 Å². The number of benzene rings is 1. The predicted octanol–water partition coefficient (Wildman–Crippen LogP) is 2.22. The summed E-state index contributed by atoms with van der Waals surface area (Å²) < 4.78 is 10.1. The molecule has 1 heterocycles. The Bertz CT molecular complexity index is 345. The second kappa shape index (κ2) is 5.56. The van der Waals surface area contributed by atoms with Crippen LogP contribution in [0.25, 0.3) is 0 Å². The van der Waals surface area contributed by atoms with Crippen molar-refractivity contribution in [3.8, 4) is 0 Å². The molecule has 0 bridgehead atoms. The third kappa shape index (κ3) is 3.28. The summed E-state index contributed by atoms with van der Waals surface area (Å²) in [5.41, 5.74) is 1.25. The van der Waals surface area contributed by atoms with Crippen LogP contribution in [0.5, 0.6) is 0 Å². The molecule has 0 saturated carbocycles. The van der Waals surface area contributed by atoms with E-state index in [1.54, 1.807) is 6.26 Å². The maximum atomic E-state index is 9.79. The highest BCUT2D eigenvalue weighted by Crippen LogP contribution is 2.16. The molecule has 0 aliphatic carbocycles. The topological polar surface area (TPSA) is 38.7 Å². The third-order valence-corrected chi connectivity index (χ3v) is 2.57. The molecule has 0 radical (unpaired) electrons. The van der Waals surface area contributed by atoms with Crippen LogP contribution >= 0.6 is 0 Å². The van der Waals surface area contributed by atoms with Crippen molar-refractivity contribution in [3.63, 3.8) is 0 Å². The summed E-state index contributed by atoms with van der Waals surface area (Å²) in [5.74, 6) is 0.737. The first-order valence-corrected chi connectivity index (χ1v) is 5.50. The third-order valence-electron chi connectivity index (χ3n) is 2.57. The summed E-state index contributed by atoms with van der Waals surface area (Å²) in [7, 11) is 0. The van der Waals surface area contributed by atoms with Gasteiger partial charge >= 0.3 is 0 Å². The Balaban J connectivity index is 1.73. The van der Waals surface area contributed by atoms with E-state index in [2.05, 4.69) is 12.1 Å². The number of hydrogen-bond donors (Lipinski definition) is 1. The molecule has 1 N–H and O–H groups in total. The Morgan fingerprint density at radius 1 is 1.25 bits per heavy atom. The monoisotopic (exact) mass is 220 g/mol. The van der Waals surface area contributed by atoms with E-state index < -0.39 is 0 Å². The number of aliphatic hydroxyl groups is 1. The van der Waals surface area contributed by atoms with Crippen LogP contribution in [0.2, 0.25) is 0 Å². The zero-order valence-electron chi connectivity index (χ0n) is 9.13. The lowest BCUT2D eigenvalue weighted by Gasteiger charge is -2.10. The Labute approximate surface area is 95.3 Å². The van der Waals surface area contributed by atoms with E-state index in [1.165, 1.54) is 5.56 Å². The molecule has 0 spiro atoms. The van der Waals surface area contributed by atoms with Gasteiger partial charge in [-0.3, -0.25) is 0 Å². The first-order chi connectivity index (χ1) is 7.84. The van der Waals surface area contributed by atoms with E-state index >= 15 is 0 Å². The van der Waals surface area contributed by atoms with Gasteiger partial charge in [0.25, 0.3) is 0 Å². The van der Waals surface area contributed by atoms with Crippen LogP contribution in [-0.4, -0.2) is 18.0 Å². The van der Waals surface area contributed by atoms with Crippen molar-refractivity contribution in [1.29, 1.82) is 0 Å². The van der Waals surface area contributed by atoms with E-state index in [0.717, 1.165) is 18.6 Å². The minimum atomic E-state index is -0.367. The Morgan fingerprint density at radius 2 is 2.06 bits per heavy atom. The average Bonchev–Trinajstić information content (AvgIpc) is 2.81. The molecule has 16 heavy (non-hydrogen) atoms. The second-order valence-corrected chi connectivity index (χ2v) is 3.90. The molecule has 3 heteroatoms. The van der Waals surface area contributed by atoms with E-state index in [4.69, 9.17) is 9.47 Å². The molecule has 1 aromatic rings. The molecule has 3 nitrogen and oxygen atoms in total. The number of rotatable bonds is 5. The van der Waals surface area contributed by atoms with Crippen LogP contribution in [0.3, 0.4) is 0 Å². The van der Waals surface area contributed by atoms with Crippen LogP contribution in [0, 0.1) is 0 Å². The van der Waals surface area contributed by atoms with Crippen LogP contribution in [0.4, 0.5) is 0 Å². The fourth-order valence-corrected chi connectivity index (χ4v) is 1.69. The van der Waals surface area contributed by atoms with Gasteiger partial charge in [-0.25, -0.2) is 0 Å². The second-order valence-electron chi connectivity index (χ2n) is 3.90. The molecule has 0 saturated heterocycles. The normalized spacial score (nSPS) is 16.2. The molecule has 0 aromatic heterocycles. The lowest BCUT2D eigenvalue weighted by molar-refractivity contribution is 0.0665. The quantitative estimate of drug-likeness (QED) is 0.826. The molecule has 1 unspecified atom stereocenters. The lowest BCUT2D eigenvalue weighted by Crippen LogP contribution is -2.09. The Kier molecular flexibility index (Phi) is 3.83. The van der Waals surface area contributed by atoms with Crippen LogP contribution in [0.15, 0.2) is 42.4 Å². The maximum Gasteiger partial charge on any atom is 0.229 e. The highest BCUT2D eigenvalue weighted by atomic mass is 16.7. The molecule has 0 amide bonds. The molecule has 2 rings (SSSR count). The largest absolute Gasteiger partial charge is 0.462 e. The summed E-state index contributed by atoms with van der Waals surface area (Å²) in [6, 6.07) is 10.2. The smallest absolute Gasteiger partial charge is 0.229 e. The SMILES string of the molecule is OC(CCc1ccccc1)CC1=COCO1. The summed E-state index contributed by atoms with van der Waals surface area (Å²) in [4.78, 5) is 0. The minimum Gasteiger partial charge on any atom is -0.462 e. The predicted molar refractivity (Wildman–Crippen MR) is 60.5 cm³/mol. The number of aryl methyl sites for hydroxylation is 1. The highest BCUT2D eigenvalue weighted by molar-refractivity contribution is 5.14. The Hall–Kier alpha value is -1.48. The number of aliphatic hydroxyl groups excluding tert-OH is 1. The van der Waals surface area contributed by atoms with Crippen LogP contribution in [0.1, 0.15) is 18.4 Å². The maximum absolute atomic E-state index is 9.79. The van der Waals surface area contributed by atoms with Crippen molar-refractivity contribution < 1.29 is 14.6 Å². The van der Waals surface area contributed by atoms with E-state index in [0.29, 0.717) is 6.42 Å². The van der Waals surface area contributed by atoms with E-state index in [-0.39, 0.29) is 12.9 Å². The van der Waals surface area contributed by atoms with Gasteiger partial charge in [0, 0.05) is 6.42 Å². The van der Waals surface area contributed by atoms with Gasteiger partial charge in [-0.1, -0.05) is 30.3 Å². The van der Waals surface area contributed by atoms with Gasteiger partial charge in [-0.05, 0) is 18.4 Å².